The van der Waals surface area contributed by atoms with Crippen LogP contribution in [-0.4, -0.2) is 77.4 Å². The number of alkyl halides is 3. The van der Waals surface area contributed by atoms with Gasteiger partial charge in [0.2, 0.25) is 5.88 Å². The molecule has 0 radical (unpaired) electrons. The molecule has 2 aromatic heterocycles. The first-order valence-corrected chi connectivity index (χ1v) is 16.0. The topological polar surface area (TPSA) is 102 Å². The third-order valence-corrected chi connectivity index (χ3v) is 10.3. The molecule has 3 atom stereocenters. The number of aromatic nitrogens is 3. The zero-order valence-electron chi connectivity index (χ0n) is 25.2. The van der Waals surface area contributed by atoms with Gasteiger partial charge in [-0.05, 0) is 76.2 Å². The largest absolute Gasteiger partial charge is 0.477 e. The fraction of sp³-hybridized carbons (Fsp3) is 0.594. The number of pyridine rings is 1. The summed E-state index contributed by atoms with van der Waals surface area (Å²) in [4.78, 5) is 18.5. The zero-order valence-corrected chi connectivity index (χ0v) is 25.2. The second-order valence-electron chi connectivity index (χ2n) is 13.6. The average molecular weight is 628 g/mol. The number of hydrogen-bond acceptors (Lipinski definition) is 9. The first-order valence-electron chi connectivity index (χ1n) is 16.0. The molecular formula is C32H37F4N7O2. The van der Waals surface area contributed by atoms with Crippen LogP contribution >= 0.6 is 0 Å². The number of fused-ring (bicyclic) bond motifs is 5. The van der Waals surface area contributed by atoms with Crippen molar-refractivity contribution in [2.75, 3.05) is 50.0 Å². The molecule has 0 unspecified atom stereocenters. The second-order valence-corrected chi connectivity index (χ2v) is 13.6. The molecule has 8 rings (SSSR count). The van der Waals surface area contributed by atoms with Gasteiger partial charge in [0.05, 0.1) is 18.8 Å². The molecule has 4 fully saturated rings. The molecule has 3 aromatic rings. The number of nitrogens with two attached hydrogens (primary N) is 1. The summed E-state index contributed by atoms with van der Waals surface area (Å²) in [6.07, 6.45) is 2.36. The Morgan fingerprint density at radius 2 is 1.91 bits per heavy atom. The summed E-state index contributed by atoms with van der Waals surface area (Å²) in [5, 5.41) is 3.94. The average Bonchev–Trinajstić information content (AvgIpc) is 3.34. The van der Waals surface area contributed by atoms with Crippen LogP contribution in [-0.2, 0) is 6.18 Å². The number of hydrogen-bond donors (Lipinski definition) is 2. The molecule has 240 valence electrons. The van der Waals surface area contributed by atoms with Crippen LogP contribution in [0.4, 0.5) is 29.1 Å². The van der Waals surface area contributed by atoms with Crippen LogP contribution in [0.3, 0.4) is 0 Å². The molecule has 3 N–H and O–H groups in total. The van der Waals surface area contributed by atoms with E-state index >= 15 is 4.39 Å². The van der Waals surface area contributed by atoms with Crippen LogP contribution in [0.25, 0.3) is 22.2 Å². The normalized spacial score (nSPS) is 25.5. The summed E-state index contributed by atoms with van der Waals surface area (Å²) in [6.45, 7) is 5.71. The van der Waals surface area contributed by atoms with Crippen LogP contribution in [0.2, 0.25) is 0 Å². The van der Waals surface area contributed by atoms with Crippen molar-refractivity contribution in [3.63, 3.8) is 0 Å². The summed E-state index contributed by atoms with van der Waals surface area (Å²) in [5.41, 5.74) is 3.80. The highest BCUT2D eigenvalue weighted by Crippen LogP contribution is 2.48. The van der Waals surface area contributed by atoms with Gasteiger partial charge < -0.3 is 30.3 Å². The Balaban J connectivity index is 1.28. The highest BCUT2D eigenvalue weighted by Gasteiger charge is 2.46. The monoisotopic (exact) mass is 627 g/mol. The standard InChI is InChI=1S/C32H37F4N7O2/c1-17-12-18(37)13-20(24(17)32(34,35)36)26-25(33)27-23-28(41-30(40-27)45-16-31(7-8-31)15-42-9-2-3-10-42)43-14-19-4-5-21(38-19)22(43)6-11-44-29(23)39-26/h12-13,19,21-22,38H,2-11,14-16,37H2,1H3/t19-,21+,22-/m1/s1. The highest BCUT2D eigenvalue weighted by molar-refractivity contribution is 5.97. The van der Waals surface area contributed by atoms with Crippen molar-refractivity contribution in [2.45, 2.75) is 76.2 Å². The van der Waals surface area contributed by atoms with Gasteiger partial charge in [-0.25, -0.2) is 9.37 Å². The fourth-order valence-corrected chi connectivity index (χ4v) is 7.96. The molecule has 1 aromatic carbocycles. The van der Waals surface area contributed by atoms with Crippen molar-refractivity contribution in [3.8, 4) is 23.1 Å². The summed E-state index contributed by atoms with van der Waals surface area (Å²) >= 11 is 0. The molecule has 9 nitrogen and oxygen atoms in total. The Labute approximate surface area is 258 Å². The lowest BCUT2D eigenvalue weighted by Crippen LogP contribution is -2.59. The van der Waals surface area contributed by atoms with Gasteiger partial charge in [-0.15, -0.1) is 0 Å². The van der Waals surface area contributed by atoms with Gasteiger partial charge in [0, 0.05) is 54.3 Å². The Morgan fingerprint density at radius 1 is 1.11 bits per heavy atom. The molecule has 1 aliphatic carbocycles. The number of likely N-dealkylation sites (tertiary alicyclic amines) is 1. The van der Waals surface area contributed by atoms with E-state index in [2.05, 4.69) is 25.1 Å². The molecule has 13 heteroatoms. The minimum absolute atomic E-state index is 0.00185. The van der Waals surface area contributed by atoms with Crippen molar-refractivity contribution in [2.24, 2.45) is 5.41 Å². The Morgan fingerprint density at radius 3 is 2.67 bits per heavy atom. The van der Waals surface area contributed by atoms with E-state index in [-0.39, 0.29) is 64.2 Å². The van der Waals surface area contributed by atoms with Crippen LogP contribution in [0.5, 0.6) is 11.9 Å². The van der Waals surface area contributed by atoms with Crippen molar-refractivity contribution >= 4 is 22.4 Å². The predicted molar refractivity (Wildman–Crippen MR) is 161 cm³/mol. The number of nitrogen functional groups attached to an aromatic ring is 1. The molecular weight excluding hydrogens is 590 g/mol. The van der Waals surface area contributed by atoms with Gasteiger partial charge in [0.1, 0.15) is 22.4 Å². The molecule has 45 heavy (non-hydrogen) atoms. The van der Waals surface area contributed by atoms with Crippen LogP contribution in [0.1, 0.15) is 56.1 Å². The van der Waals surface area contributed by atoms with E-state index in [9.17, 15) is 13.2 Å². The number of aryl methyl sites for hydroxylation is 1. The van der Waals surface area contributed by atoms with Gasteiger partial charge in [0.15, 0.2) is 5.82 Å². The summed E-state index contributed by atoms with van der Waals surface area (Å²) in [6, 6.07) is 2.87. The summed E-state index contributed by atoms with van der Waals surface area (Å²) < 4.78 is 72.2. The Bertz CT molecular complexity index is 1660. The Kier molecular flexibility index (Phi) is 6.79. The van der Waals surface area contributed by atoms with E-state index in [0.717, 1.165) is 51.4 Å². The van der Waals surface area contributed by atoms with E-state index in [1.54, 1.807) is 0 Å². The SMILES string of the molecule is Cc1cc(N)cc(-c2nc3c4c(nc(OCC5(CN6CCCC6)CC5)nc4c2F)N2C[C@H]4CC[C@H](N4)[C@H]2CCO3)c1C(F)(F)F. The molecule has 6 heterocycles. The van der Waals surface area contributed by atoms with E-state index in [1.807, 2.05) is 0 Å². The van der Waals surface area contributed by atoms with Crippen molar-refractivity contribution < 1.29 is 27.0 Å². The lowest BCUT2D eigenvalue weighted by Gasteiger charge is -2.43. The van der Waals surface area contributed by atoms with Crippen LogP contribution in [0.15, 0.2) is 12.1 Å². The first-order chi connectivity index (χ1) is 21.6. The quantitative estimate of drug-likeness (QED) is 0.286. The van der Waals surface area contributed by atoms with Crippen molar-refractivity contribution in [1.29, 1.82) is 0 Å². The number of benzene rings is 1. The van der Waals surface area contributed by atoms with E-state index in [0.29, 0.717) is 25.4 Å². The number of piperazine rings is 1. The van der Waals surface area contributed by atoms with Gasteiger partial charge in [0.25, 0.3) is 0 Å². The van der Waals surface area contributed by atoms with Gasteiger partial charge in [-0.1, -0.05) is 0 Å². The molecule has 1 saturated carbocycles. The van der Waals surface area contributed by atoms with Crippen LogP contribution in [0, 0.1) is 18.2 Å². The number of anilines is 2. The third kappa shape index (κ3) is 5.11. The maximum absolute atomic E-state index is 16.8. The molecule has 5 aliphatic rings. The minimum atomic E-state index is -4.77. The number of halogens is 4. The minimum Gasteiger partial charge on any atom is -0.477 e. The molecule has 4 aliphatic heterocycles. The smallest absolute Gasteiger partial charge is 0.417 e. The highest BCUT2D eigenvalue weighted by atomic mass is 19.4. The Hall–Kier alpha value is -3.45. The molecule has 0 spiro atoms. The lowest BCUT2D eigenvalue weighted by atomic mass is 9.96. The lowest BCUT2D eigenvalue weighted by molar-refractivity contribution is -0.137. The number of rotatable bonds is 6. The van der Waals surface area contributed by atoms with Gasteiger partial charge in [-0.3, -0.25) is 0 Å². The predicted octanol–water partition coefficient (Wildman–Crippen LogP) is 5.09. The third-order valence-electron chi connectivity index (χ3n) is 10.3. The maximum atomic E-state index is 16.8. The molecule has 0 amide bonds. The number of nitrogens with zero attached hydrogens (tertiary/aromatic N) is 5. The van der Waals surface area contributed by atoms with E-state index < -0.39 is 28.8 Å². The van der Waals surface area contributed by atoms with E-state index in [1.165, 1.54) is 25.8 Å². The second kappa shape index (κ2) is 10.5. The summed E-state index contributed by atoms with van der Waals surface area (Å²) in [5.74, 6) is -0.529. The number of nitrogens with one attached hydrogen (secondary N) is 1. The fourth-order valence-electron chi connectivity index (χ4n) is 7.96. The van der Waals surface area contributed by atoms with Gasteiger partial charge in [-0.2, -0.15) is 23.1 Å². The van der Waals surface area contributed by atoms with Crippen molar-refractivity contribution in [3.05, 3.63) is 29.1 Å². The van der Waals surface area contributed by atoms with Crippen LogP contribution < -0.4 is 25.4 Å². The van der Waals surface area contributed by atoms with Gasteiger partial charge >= 0.3 is 12.2 Å². The zero-order chi connectivity index (χ0) is 31.1. The first kappa shape index (κ1) is 29.0. The maximum Gasteiger partial charge on any atom is 0.417 e. The molecule has 2 bridgehead atoms. The summed E-state index contributed by atoms with van der Waals surface area (Å²) in [7, 11) is 0. The van der Waals surface area contributed by atoms with Crippen molar-refractivity contribution in [1.82, 2.24) is 25.2 Å². The molecule has 3 saturated heterocycles. The number of ether oxygens (including phenoxy) is 2. The van der Waals surface area contributed by atoms with E-state index in [4.69, 9.17) is 20.2 Å².